The second-order valence-corrected chi connectivity index (χ2v) is 12.5. The van der Waals surface area contributed by atoms with Crippen molar-refractivity contribution in [3.8, 4) is 0 Å². The molecule has 236 valence electrons. The van der Waals surface area contributed by atoms with Crippen LogP contribution in [0.15, 0.2) is 72.1 Å². The number of nitrogens with one attached hydrogen (secondary N) is 1. The average molecular weight is 605 g/mol. The van der Waals surface area contributed by atoms with Gasteiger partial charge < -0.3 is 10.1 Å². The normalized spacial score (nSPS) is 22.4. The van der Waals surface area contributed by atoms with Crippen LogP contribution in [0, 0.1) is 24.2 Å². The van der Waals surface area contributed by atoms with Crippen LogP contribution in [0.3, 0.4) is 0 Å². The number of carbonyl (C=O) groups excluding carboxylic acids is 1. The summed E-state index contributed by atoms with van der Waals surface area (Å²) in [7, 11) is 1.21. The fourth-order valence-electron chi connectivity index (χ4n) is 5.90. The molecule has 0 amide bonds. The second kappa shape index (κ2) is 11.4. The number of hydrogen-bond acceptors (Lipinski definition) is 5. The van der Waals surface area contributed by atoms with E-state index in [1.165, 1.54) is 13.2 Å². The van der Waals surface area contributed by atoms with Gasteiger partial charge in [0.25, 0.3) is 0 Å². The van der Waals surface area contributed by atoms with E-state index < -0.39 is 22.8 Å². The van der Waals surface area contributed by atoms with E-state index in [1.54, 1.807) is 18.5 Å². The van der Waals surface area contributed by atoms with Gasteiger partial charge in [0, 0.05) is 35.3 Å². The molecule has 0 spiro atoms. The third-order valence-corrected chi connectivity index (χ3v) is 8.79. The van der Waals surface area contributed by atoms with Crippen LogP contribution in [0.25, 0.3) is 0 Å². The fourth-order valence-corrected chi connectivity index (χ4v) is 5.90. The standard InChI is InChI=1S/C33H38F4N4O2.3H2/c1-20(2)19-41-22(4)28(18-39-41)40-30-9-7-24(17-38-30)31-15-25(31)13-23(27(34)16-31)14-26(42)8-6-21(3)12-29(43-5)32(10-11-32)33(35,36)37;;;/h7,9,12-13,16-18,20,25H,3,6,8,10-11,14-15,19H2,1-2,4-5H3,(H,38,40);3*1H/b29-12-;;;. The number of nitrogens with zero attached hydrogens (tertiary/aromatic N) is 3. The number of hydrogen-bond donors (Lipinski definition) is 1. The highest BCUT2D eigenvalue weighted by atomic mass is 19.4. The maximum absolute atomic E-state index is 15.2. The first kappa shape index (κ1) is 30.8. The molecule has 2 aromatic heterocycles. The van der Waals surface area contributed by atoms with Crippen molar-refractivity contribution < 1.29 is 31.4 Å². The van der Waals surface area contributed by atoms with Gasteiger partial charge in [-0.1, -0.05) is 38.1 Å². The molecule has 0 aromatic carbocycles. The number of alkyl halides is 3. The third-order valence-electron chi connectivity index (χ3n) is 8.79. The first-order chi connectivity index (χ1) is 20.3. The minimum Gasteiger partial charge on any atom is -0.500 e. The summed E-state index contributed by atoms with van der Waals surface area (Å²) in [6, 6.07) is 3.83. The Hall–Kier alpha value is -3.69. The van der Waals surface area contributed by atoms with Crippen LogP contribution in [0.1, 0.15) is 67.9 Å². The highest BCUT2D eigenvalue weighted by molar-refractivity contribution is 5.82. The Kier molecular flexibility index (Phi) is 8.17. The summed E-state index contributed by atoms with van der Waals surface area (Å²) in [5.74, 6) is 0.444. The smallest absolute Gasteiger partial charge is 0.401 e. The number of aromatic nitrogens is 3. The molecule has 10 heteroatoms. The van der Waals surface area contributed by atoms with E-state index in [-0.39, 0.29) is 53.8 Å². The Morgan fingerprint density at radius 3 is 2.63 bits per heavy atom. The molecule has 2 saturated carbocycles. The van der Waals surface area contributed by atoms with Gasteiger partial charge in [-0.15, -0.1) is 0 Å². The van der Waals surface area contributed by atoms with E-state index in [1.807, 2.05) is 29.8 Å². The molecule has 3 aliphatic rings. The number of pyridine rings is 1. The van der Waals surface area contributed by atoms with Crippen LogP contribution in [0.5, 0.6) is 0 Å². The van der Waals surface area contributed by atoms with E-state index >= 15 is 4.39 Å². The molecule has 2 unspecified atom stereocenters. The lowest BCUT2D eigenvalue weighted by molar-refractivity contribution is -0.184. The van der Waals surface area contributed by atoms with Crippen LogP contribution in [0.4, 0.5) is 29.1 Å². The van der Waals surface area contributed by atoms with Crippen molar-refractivity contribution >= 4 is 17.3 Å². The Morgan fingerprint density at radius 2 is 2.02 bits per heavy atom. The van der Waals surface area contributed by atoms with E-state index in [4.69, 9.17) is 4.74 Å². The van der Waals surface area contributed by atoms with Crippen LogP contribution >= 0.6 is 0 Å². The van der Waals surface area contributed by atoms with Gasteiger partial charge in [0.1, 0.15) is 28.6 Å². The van der Waals surface area contributed by atoms with Crippen LogP contribution in [-0.2, 0) is 21.5 Å². The van der Waals surface area contributed by atoms with Crippen molar-refractivity contribution in [2.24, 2.45) is 17.3 Å². The van der Waals surface area contributed by atoms with Gasteiger partial charge in [-0.2, -0.15) is 18.3 Å². The lowest BCUT2D eigenvalue weighted by Crippen LogP contribution is -2.27. The number of allylic oxidation sites excluding steroid dienone is 7. The molecule has 2 fully saturated rings. The molecule has 0 saturated heterocycles. The van der Waals surface area contributed by atoms with Crippen molar-refractivity contribution in [3.63, 3.8) is 0 Å². The predicted octanol–water partition coefficient (Wildman–Crippen LogP) is 8.94. The van der Waals surface area contributed by atoms with Crippen molar-refractivity contribution in [1.29, 1.82) is 0 Å². The molecule has 2 heterocycles. The first-order valence-electron chi connectivity index (χ1n) is 14.7. The number of rotatable bonds is 13. The molecule has 6 nitrogen and oxygen atoms in total. The molecular weight excluding hydrogens is 560 g/mol. The maximum atomic E-state index is 15.2. The SMILES string of the molecule is C=C(/C=C(\OC)C1(C(F)(F)F)CC1)CCC(=O)CC1=CC2CC2(c2ccc(Nc3cnn(CC(C)C)c3C)nc2)C=C1F.[HH].[HH].[HH]. The number of anilines is 2. The first-order valence-corrected chi connectivity index (χ1v) is 14.7. The summed E-state index contributed by atoms with van der Waals surface area (Å²) in [5, 5.41) is 7.76. The number of fused-ring (bicyclic) bond motifs is 1. The summed E-state index contributed by atoms with van der Waals surface area (Å²) < 4.78 is 62.6. The Labute approximate surface area is 254 Å². The molecule has 1 N–H and O–H groups in total. The molecule has 2 aromatic rings. The zero-order valence-corrected chi connectivity index (χ0v) is 25.0. The Balaban J connectivity index is 0.00000245. The quantitative estimate of drug-likeness (QED) is 0.140. The summed E-state index contributed by atoms with van der Waals surface area (Å²) in [5.41, 5.74) is 1.14. The van der Waals surface area contributed by atoms with Gasteiger partial charge in [-0.25, -0.2) is 9.37 Å². The zero-order valence-electron chi connectivity index (χ0n) is 25.0. The van der Waals surface area contributed by atoms with Gasteiger partial charge in [0.2, 0.25) is 0 Å². The minimum atomic E-state index is -4.40. The summed E-state index contributed by atoms with van der Waals surface area (Å²) >= 11 is 0. The number of Topliss-reactive ketones (excluding diaryl/α,β-unsaturated/α-hetero) is 1. The minimum absolute atomic E-state index is 0. The van der Waals surface area contributed by atoms with Gasteiger partial charge in [0.15, 0.2) is 0 Å². The number of halogens is 4. The van der Waals surface area contributed by atoms with Gasteiger partial charge in [-0.05, 0) is 73.8 Å². The van der Waals surface area contributed by atoms with Crippen molar-refractivity contribution in [2.45, 2.75) is 77.4 Å². The van der Waals surface area contributed by atoms with E-state index in [0.717, 1.165) is 29.9 Å². The molecule has 43 heavy (non-hydrogen) atoms. The third kappa shape index (κ3) is 6.19. The fraction of sp³-hybridized carbons (Fsp3) is 0.485. The molecule has 0 aliphatic heterocycles. The largest absolute Gasteiger partial charge is 0.500 e. The summed E-state index contributed by atoms with van der Waals surface area (Å²) in [6.45, 7) is 10.9. The van der Waals surface area contributed by atoms with Crippen LogP contribution in [-0.4, -0.2) is 33.8 Å². The van der Waals surface area contributed by atoms with Crippen LogP contribution < -0.4 is 5.32 Å². The molecule has 5 rings (SSSR count). The van der Waals surface area contributed by atoms with Gasteiger partial charge >= 0.3 is 6.18 Å². The average Bonchev–Trinajstić information content (AvgIpc) is 3.85. The second-order valence-electron chi connectivity index (χ2n) is 12.5. The van der Waals surface area contributed by atoms with Crippen LogP contribution in [0.2, 0.25) is 0 Å². The highest BCUT2D eigenvalue weighted by Crippen LogP contribution is 2.62. The van der Waals surface area contributed by atoms with E-state index in [9.17, 15) is 18.0 Å². The van der Waals surface area contributed by atoms with Gasteiger partial charge in [-0.3, -0.25) is 9.48 Å². The van der Waals surface area contributed by atoms with E-state index in [2.05, 4.69) is 35.8 Å². The zero-order chi connectivity index (χ0) is 31.2. The van der Waals surface area contributed by atoms with E-state index in [0.29, 0.717) is 22.9 Å². The maximum Gasteiger partial charge on any atom is 0.401 e. The van der Waals surface area contributed by atoms with Crippen molar-refractivity contribution in [1.82, 2.24) is 14.8 Å². The lowest BCUT2D eigenvalue weighted by atomic mass is 9.87. The van der Waals surface area contributed by atoms with Crippen molar-refractivity contribution in [3.05, 3.63) is 83.3 Å². The molecular formula is C33H44F4N4O2. The Morgan fingerprint density at radius 1 is 1.28 bits per heavy atom. The molecule has 3 aliphatic carbocycles. The summed E-state index contributed by atoms with van der Waals surface area (Å²) in [6.07, 6.45) is 4.74. The lowest BCUT2D eigenvalue weighted by Gasteiger charge is -2.21. The number of ether oxygens (including phenoxy) is 1. The van der Waals surface area contributed by atoms with Crippen molar-refractivity contribution in [2.75, 3.05) is 12.4 Å². The monoisotopic (exact) mass is 604 g/mol. The van der Waals surface area contributed by atoms with Gasteiger partial charge in [0.05, 0.1) is 24.7 Å². The topological polar surface area (TPSA) is 69.0 Å². The Bertz CT molecular complexity index is 1510. The molecule has 0 bridgehead atoms. The predicted molar refractivity (Wildman–Crippen MR) is 164 cm³/mol. The molecule has 2 atom stereocenters. The number of methoxy groups -OCH3 is 1. The molecule has 0 radical (unpaired) electrons. The number of ketones is 1. The highest BCUT2D eigenvalue weighted by Gasteiger charge is 2.66. The number of carbonyl (C=O) groups is 1. The summed E-state index contributed by atoms with van der Waals surface area (Å²) in [4.78, 5) is 17.3.